The zero-order valence-electron chi connectivity index (χ0n) is 13.3. The van der Waals surface area contributed by atoms with Crippen LogP contribution in [0.5, 0.6) is 5.75 Å². The van der Waals surface area contributed by atoms with Crippen molar-refractivity contribution in [3.8, 4) is 5.75 Å². The molecule has 0 bridgehead atoms. The predicted octanol–water partition coefficient (Wildman–Crippen LogP) is 2.32. The molecule has 0 aliphatic heterocycles. The first-order chi connectivity index (χ1) is 9.21. The molecule has 0 atom stereocenters. The van der Waals surface area contributed by atoms with Crippen LogP contribution in [0, 0.1) is 13.8 Å². The number of nitrogens with zero attached hydrogens (tertiary/aromatic N) is 1. The maximum atomic E-state index is 12.6. The topological polar surface area (TPSA) is 38.3 Å². The molecule has 6 heteroatoms. The normalized spacial score (nSPS) is 15.9. The fraction of sp³-hybridized carbons (Fsp3) is 0.533. The van der Waals surface area contributed by atoms with Gasteiger partial charge in [0.15, 0.2) is 5.54 Å². The Bertz CT molecular complexity index is 528. The molecule has 1 amide bonds. The summed E-state index contributed by atoms with van der Waals surface area (Å²) in [5.41, 5.74) is 2.42. The van der Waals surface area contributed by atoms with Crippen LogP contribution in [0.15, 0.2) is 12.1 Å². The van der Waals surface area contributed by atoms with Crippen molar-refractivity contribution in [1.82, 2.24) is 0 Å². The van der Waals surface area contributed by atoms with E-state index in [-0.39, 0.29) is 42.5 Å². The van der Waals surface area contributed by atoms with Gasteiger partial charge in [-0.15, -0.1) is 0 Å². The van der Waals surface area contributed by atoms with Crippen LogP contribution in [0.2, 0.25) is 0 Å². The molecule has 1 N–H and O–H groups in total. The number of hydrogen-bond acceptors (Lipinski definition) is 3. The predicted molar refractivity (Wildman–Crippen MR) is 82.5 cm³/mol. The van der Waals surface area contributed by atoms with Crippen molar-refractivity contribution in [2.75, 3.05) is 26.5 Å². The van der Waals surface area contributed by atoms with Gasteiger partial charge >= 0.3 is 0 Å². The van der Waals surface area contributed by atoms with Crippen LogP contribution < -0.4 is 10.1 Å². The molecule has 1 aromatic carbocycles. The summed E-state index contributed by atoms with van der Waals surface area (Å²) >= 11 is 5.44. The second-order valence-electron chi connectivity index (χ2n) is 5.97. The van der Waals surface area contributed by atoms with Gasteiger partial charge in [0.05, 0.1) is 21.2 Å². The van der Waals surface area contributed by atoms with Crippen molar-refractivity contribution >= 4 is 24.4 Å². The number of nitrogens with one attached hydrogen (secondary N) is 1. The molecule has 4 nitrogen and oxygen atoms in total. The second-order valence-corrected chi connectivity index (χ2v) is 6.89. The Hall–Kier alpha value is -0.0961. The van der Waals surface area contributed by atoms with Gasteiger partial charge in [0.2, 0.25) is 0 Å². The summed E-state index contributed by atoms with van der Waals surface area (Å²) in [6.07, 6.45) is 1.70. The number of amides is 1. The summed E-state index contributed by atoms with van der Waals surface area (Å²) in [7, 11) is 5.44. The minimum atomic E-state index is -0.450. The van der Waals surface area contributed by atoms with E-state index in [9.17, 15) is 4.79 Å². The van der Waals surface area contributed by atoms with E-state index < -0.39 is 5.54 Å². The number of anilines is 1. The summed E-state index contributed by atoms with van der Waals surface area (Å²) in [6, 6.07) is 3.85. The maximum Gasteiger partial charge on any atom is 0.284 e. The van der Waals surface area contributed by atoms with Gasteiger partial charge in [0.1, 0.15) is 5.75 Å². The minimum Gasteiger partial charge on any atom is -0.497 e. The first-order valence-corrected chi connectivity index (χ1v) is 7.09. The third-order valence-corrected chi connectivity index (χ3v) is 4.51. The van der Waals surface area contributed by atoms with E-state index in [1.54, 1.807) is 7.11 Å². The average Bonchev–Trinajstić information content (AvgIpc) is 3.13. The van der Waals surface area contributed by atoms with E-state index in [0.29, 0.717) is 0 Å². The molecule has 0 heterocycles. The Balaban J connectivity index is 0.00000220. The molecule has 113 valence electrons. The molecule has 1 fully saturated rings. The molecule has 1 saturated carbocycles. The Labute approximate surface area is 157 Å². The second kappa shape index (κ2) is 6.57. The third kappa shape index (κ3) is 3.63. The number of likely N-dealkylation sites (N-methyl/N-ethyl adjacent to an activating group) is 1. The zero-order chi connectivity index (χ0) is 15.1. The minimum absolute atomic E-state index is 0. The molecule has 1 aromatic rings. The standard InChI is InChI=1S/C15H22N2O2S.Y/c1-10-8-12(19-5)9-11(2)13(10)16-14(18)15(6-7-15)17(3,4)20;/h8-9H,6-7H2,1-5H3,(H,16,18);. The molecule has 0 spiro atoms. The van der Waals surface area contributed by atoms with E-state index in [0.717, 1.165) is 35.4 Å². The average molecular weight is 383 g/mol. The molecule has 1 aliphatic rings. The van der Waals surface area contributed by atoms with E-state index in [1.807, 2.05) is 40.1 Å². The van der Waals surface area contributed by atoms with Crippen molar-refractivity contribution < 1.29 is 46.1 Å². The number of methoxy groups -OCH3 is 1. The molecule has 1 radical (unpaired) electrons. The van der Waals surface area contributed by atoms with E-state index in [1.165, 1.54) is 0 Å². The van der Waals surface area contributed by atoms with Gasteiger partial charge in [-0.05, 0) is 37.1 Å². The van der Waals surface area contributed by atoms with Gasteiger partial charge in [0, 0.05) is 51.2 Å². The van der Waals surface area contributed by atoms with Crippen molar-refractivity contribution in [2.45, 2.75) is 32.2 Å². The van der Waals surface area contributed by atoms with Crippen LogP contribution in [0.1, 0.15) is 24.0 Å². The van der Waals surface area contributed by atoms with Crippen LogP contribution >= 0.6 is 0 Å². The number of aryl methyl sites for hydroxylation is 2. The molecular formula is C15H22N2O2SY. The fourth-order valence-corrected chi connectivity index (χ4v) is 2.86. The Morgan fingerprint density at radius 3 is 2.10 bits per heavy atom. The molecule has 2 rings (SSSR count). The van der Waals surface area contributed by atoms with Gasteiger partial charge < -0.3 is 26.8 Å². The van der Waals surface area contributed by atoms with E-state index >= 15 is 0 Å². The van der Waals surface area contributed by atoms with Gasteiger partial charge in [-0.1, -0.05) is 0 Å². The molecule has 0 saturated heterocycles. The fourth-order valence-electron chi connectivity index (χ4n) is 2.60. The SMILES string of the molecule is COc1cc(C)c(NC(=O)C2([N+](C)(C)[S-])CC2)c(C)c1.[Y]. The Morgan fingerprint density at radius 2 is 1.76 bits per heavy atom. The number of carbonyl (C=O) groups is 1. The summed E-state index contributed by atoms with van der Waals surface area (Å²) in [4.78, 5) is 12.6. The zero-order valence-corrected chi connectivity index (χ0v) is 17.0. The van der Waals surface area contributed by atoms with Crippen LogP contribution in [0.3, 0.4) is 0 Å². The first kappa shape index (κ1) is 19.0. The van der Waals surface area contributed by atoms with Crippen LogP contribution in [-0.2, 0) is 50.3 Å². The number of quaternary nitrogens is 1. The van der Waals surface area contributed by atoms with Crippen molar-refractivity contribution in [3.05, 3.63) is 23.3 Å². The number of hydrogen-bond donors (Lipinski definition) is 1. The third-order valence-electron chi connectivity index (χ3n) is 4.16. The molecular weight excluding hydrogens is 361 g/mol. The van der Waals surface area contributed by atoms with Gasteiger partial charge in [-0.2, -0.15) is 0 Å². The van der Waals surface area contributed by atoms with Crippen LogP contribution in [0.25, 0.3) is 0 Å². The van der Waals surface area contributed by atoms with E-state index in [4.69, 9.17) is 17.6 Å². The summed E-state index contributed by atoms with van der Waals surface area (Å²) in [5, 5.41) is 3.06. The van der Waals surface area contributed by atoms with Gasteiger partial charge in [0.25, 0.3) is 5.91 Å². The maximum absolute atomic E-state index is 12.6. The summed E-state index contributed by atoms with van der Waals surface area (Å²) in [6.45, 7) is 3.94. The number of carbonyl (C=O) groups excluding carboxylic acids is 1. The summed E-state index contributed by atoms with van der Waals surface area (Å²) in [5.74, 6) is 0.826. The van der Waals surface area contributed by atoms with Crippen LogP contribution in [0.4, 0.5) is 5.69 Å². The Morgan fingerprint density at radius 1 is 1.29 bits per heavy atom. The first-order valence-electron chi connectivity index (χ1n) is 6.73. The van der Waals surface area contributed by atoms with Crippen molar-refractivity contribution in [2.24, 2.45) is 0 Å². The quantitative estimate of drug-likeness (QED) is 0.641. The smallest absolute Gasteiger partial charge is 0.284 e. The monoisotopic (exact) mass is 383 g/mol. The van der Waals surface area contributed by atoms with Gasteiger partial charge in [-0.25, -0.2) is 0 Å². The van der Waals surface area contributed by atoms with E-state index in [2.05, 4.69) is 5.32 Å². The molecule has 1 aliphatic carbocycles. The van der Waals surface area contributed by atoms with Crippen molar-refractivity contribution in [3.63, 3.8) is 0 Å². The molecule has 0 aromatic heterocycles. The Kier molecular flexibility index (Phi) is 5.93. The summed E-state index contributed by atoms with van der Waals surface area (Å²) < 4.78 is 5.49. The number of ether oxygens (including phenoxy) is 1. The van der Waals surface area contributed by atoms with Crippen LogP contribution in [-0.4, -0.2) is 36.5 Å². The van der Waals surface area contributed by atoms with Crippen molar-refractivity contribution in [1.29, 1.82) is 0 Å². The number of benzene rings is 1. The molecule has 21 heavy (non-hydrogen) atoms. The molecule has 0 unspecified atom stereocenters. The number of rotatable bonds is 4. The largest absolute Gasteiger partial charge is 0.497 e. The van der Waals surface area contributed by atoms with Gasteiger partial charge in [-0.3, -0.25) is 4.79 Å².